The van der Waals surface area contributed by atoms with Gasteiger partial charge in [-0.1, -0.05) is 0 Å². The van der Waals surface area contributed by atoms with E-state index < -0.39 is 12.0 Å². The van der Waals surface area contributed by atoms with Crippen LogP contribution in [0, 0.1) is 0 Å². The molecule has 2 aliphatic rings. The third-order valence-corrected chi connectivity index (χ3v) is 4.12. The molecule has 1 aliphatic heterocycles. The summed E-state index contributed by atoms with van der Waals surface area (Å²) in [6.07, 6.45) is 6.17. The predicted octanol–water partition coefficient (Wildman–Crippen LogP) is 1.70. The van der Waals surface area contributed by atoms with Crippen molar-refractivity contribution in [3.8, 4) is 5.88 Å². The van der Waals surface area contributed by atoms with E-state index in [4.69, 9.17) is 9.84 Å². The van der Waals surface area contributed by atoms with Crippen LogP contribution in [-0.4, -0.2) is 45.6 Å². The van der Waals surface area contributed by atoms with E-state index in [1.165, 1.54) is 11.1 Å². The molecule has 2 fully saturated rings. The number of carbonyl (C=O) groups is 2. The van der Waals surface area contributed by atoms with E-state index in [-0.39, 0.29) is 12.0 Å². The Balaban J connectivity index is 1.74. The first-order valence-electron chi connectivity index (χ1n) is 7.31. The van der Waals surface area contributed by atoms with Crippen LogP contribution in [0.25, 0.3) is 0 Å². The summed E-state index contributed by atoms with van der Waals surface area (Å²) in [6, 6.07) is 2.49. The van der Waals surface area contributed by atoms with E-state index >= 15 is 0 Å². The summed E-state index contributed by atoms with van der Waals surface area (Å²) in [5.41, 5.74) is 0.437. The summed E-state index contributed by atoms with van der Waals surface area (Å²) < 4.78 is 5.68. The van der Waals surface area contributed by atoms with E-state index in [9.17, 15) is 9.59 Å². The van der Waals surface area contributed by atoms with Crippen LogP contribution < -0.4 is 4.74 Å². The second-order valence-corrected chi connectivity index (χ2v) is 5.55. The SMILES string of the molecule is O=C(O)[C@H]1CCCN1C(=O)c1ccnc(OC2CCC2)c1. The summed E-state index contributed by atoms with van der Waals surface area (Å²) >= 11 is 0. The first-order valence-corrected chi connectivity index (χ1v) is 7.31. The number of likely N-dealkylation sites (tertiary alicyclic amines) is 1. The zero-order chi connectivity index (χ0) is 14.8. The van der Waals surface area contributed by atoms with E-state index in [1.54, 1.807) is 12.1 Å². The molecule has 6 heteroatoms. The minimum absolute atomic E-state index is 0.196. The van der Waals surface area contributed by atoms with Gasteiger partial charge in [-0.3, -0.25) is 4.79 Å². The molecular formula is C15H18N2O4. The van der Waals surface area contributed by atoms with Crippen molar-refractivity contribution in [3.05, 3.63) is 23.9 Å². The highest BCUT2D eigenvalue weighted by Crippen LogP contribution is 2.25. The fourth-order valence-electron chi connectivity index (χ4n) is 2.70. The van der Waals surface area contributed by atoms with Crippen molar-refractivity contribution in [1.82, 2.24) is 9.88 Å². The van der Waals surface area contributed by atoms with Crippen LogP contribution >= 0.6 is 0 Å². The fourth-order valence-corrected chi connectivity index (χ4v) is 2.70. The van der Waals surface area contributed by atoms with Gasteiger partial charge in [0.1, 0.15) is 12.1 Å². The van der Waals surface area contributed by atoms with Crippen molar-refractivity contribution in [2.75, 3.05) is 6.54 Å². The van der Waals surface area contributed by atoms with Crippen LogP contribution in [0.1, 0.15) is 42.5 Å². The van der Waals surface area contributed by atoms with Gasteiger partial charge in [-0.2, -0.15) is 0 Å². The summed E-state index contributed by atoms with van der Waals surface area (Å²) in [4.78, 5) is 29.2. The lowest BCUT2D eigenvalue weighted by Gasteiger charge is -2.26. The van der Waals surface area contributed by atoms with Crippen LogP contribution in [0.4, 0.5) is 0 Å². The molecule has 21 heavy (non-hydrogen) atoms. The molecule has 0 aromatic carbocycles. The molecule has 1 aliphatic carbocycles. The number of hydrogen-bond donors (Lipinski definition) is 1. The van der Waals surface area contributed by atoms with Crippen LogP contribution in [0.2, 0.25) is 0 Å². The molecule has 1 saturated carbocycles. The van der Waals surface area contributed by atoms with E-state index in [0.717, 1.165) is 25.7 Å². The average Bonchev–Trinajstić information content (AvgIpc) is 2.92. The van der Waals surface area contributed by atoms with Gasteiger partial charge >= 0.3 is 5.97 Å². The quantitative estimate of drug-likeness (QED) is 0.913. The molecule has 1 atom stereocenters. The topological polar surface area (TPSA) is 79.7 Å². The number of ether oxygens (including phenoxy) is 1. The summed E-state index contributed by atoms with van der Waals surface area (Å²) in [5.74, 6) is -0.766. The van der Waals surface area contributed by atoms with Crippen molar-refractivity contribution in [3.63, 3.8) is 0 Å². The molecule has 1 N–H and O–H groups in total. The number of pyridine rings is 1. The van der Waals surface area contributed by atoms with Gasteiger partial charge in [-0.05, 0) is 38.2 Å². The van der Waals surface area contributed by atoms with Gasteiger partial charge in [0.2, 0.25) is 5.88 Å². The zero-order valence-electron chi connectivity index (χ0n) is 11.7. The summed E-state index contributed by atoms with van der Waals surface area (Å²) in [6.45, 7) is 0.483. The maximum atomic E-state index is 12.5. The largest absolute Gasteiger partial charge is 0.480 e. The highest BCUT2D eigenvalue weighted by Gasteiger charge is 2.34. The number of carboxylic acids is 1. The van der Waals surface area contributed by atoms with Crippen molar-refractivity contribution >= 4 is 11.9 Å². The van der Waals surface area contributed by atoms with Crippen molar-refractivity contribution in [2.45, 2.75) is 44.2 Å². The van der Waals surface area contributed by atoms with Crippen molar-refractivity contribution in [1.29, 1.82) is 0 Å². The second-order valence-electron chi connectivity index (χ2n) is 5.55. The Hall–Kier alpha value is -2.11. The van der Waals surface area contributed by atoms with E-state index in [2.05, 4.69) is 4.98 Å². The molecule has 3 rings (SSSR count). The van der Waals surface area contributed by atoms with Gasteiger partial charge in [0.15, 0.2) is 0 Å². The Labute approximate surface area is 122 Å². The van der Waals surface area contributed by atoms with E-state index in [1.807, 2.05) is 0 Å². The molecule has 0 radical (unpaired) electrons. The van der Waals surface area contributed by atoms with Gasteiger partial charge in [-0.15, -0.1) is 0 Å². The Morgan fingerprint density at radius 3 is 2.76 bits per heavy atom. The van der Waals surface area contributed by atoms with Crippen LogP contribution in [0.3, 0.4) is 0 Å². The Morgan fingerprint density at radius 2 is 2.10 bits per heavy atom. The number of amides is 1. The normalized spacial score (nSPS) is 21.9. The first kappa shape index (κ1) is 13.9. The second kappa shape index (κ2) is 5.71. The molecule has 0 bridgehead atoms. The molecule has 1 aromatic rings. The lowest BCUT2D eigenvalue weighted by molar-refractivity contribution is -0.141. The number of carboxylic acid groups (broad SMARTS) is 1. The van der Waals surface area contributed by atoms with Gasteiger partial charge in [0, 0.05) is 24.4 Å². The van der Waals surface area contributed by atoms with Crippen molar-refractivity contribution < 1.29 is 19.4 Å². The molecule has 6 nitrogen and oxygen atoms in total. The standard InChI is InChI=1S/C15H18N2O4/c18-14(17-8-2-5-12(17)15(19)20)10-6-7-16-13(9-10)21-11-3-1-4-11/h6-7,9,11-12H,1-5,8H2,(H,19,20)/t12-/m1/s1. The van der Waals surface area contributed by atoms with Crippen LogP contribution in [0.15, 0.2) is 18.3 Å². The third-order valence-electron chi connectivity index (χ3n) is 4.12. The van der Waals surface area contributed by atoms with Gasteiger partial charge in [-0.25, -0.2) is 9.78 Å². The van der Waals surface area contributed by atoms with Crippen molar-refractivity contribution in [2.24, 2.45) is 0 Å². The van der Waals surface area contributed by atoms with Gasteiger partial charge in [0.25, 0.3) is 5.91 Å². The Bertz CT molecular complexity index is 556. The number of rotatable bonds is 4. The van der Waals surface area contributed by atoms with E-state index in [0.29, 0.717) is 24.4 Å². The molecule has 1 amide bonds. The molecule has 112 valence electrons. The summed E-state index contributed by atoms with van der Waals surface area (Å²) in [7, 11) is 0. The number of carbonyl (C=O) groups excluding carboxylic acids is 1. The van der Waals surface area contributed by atoms with Gasteiger partial charge < -0.3 is 14.7 Å². The lowest BCUT2D eigenvalue weighted by Crippen LogP contribution is -2.40. The monoisotopic (exact) mass is 290 g/mol. The average molecular weight is 290 g/mol. The van der Waals surface area contributed by atoms with Gasteiger partial charge in [0.05, 0.1) is 0 Å². The smallest absolute Gasteiger partial charge is 0.326 e. The molecular weight excluding hydrogens is 272 g/mol. The molecule has 0 unspecified atom stereocenters. The fraction of sp³-hybridized carbons (Fsp3) is 0.533. The van der Waals surface area contributed by atoms with Crippen LogP contribution in [-0.2, 0) is 4.79 Å². The molecule has 1 aromatic heterocycles. The zero-order valence-corrected chi connectivity index (χ0v) is 11.7. The maximum absolute atomic E-state index is 12.5. The predicted molar refractivity (Wildman–Crippen MR) is 74.2 cm³/mol. The number of hydrogen-bond acceptors (Lipinski definition) is 4. The maximum Gasteiger partial charge on any atom is 0.326 e. The Morgan fingerprint density at radius 1 is 1.29 bits per heavy atom. The highest BCUT2D eigenvalue weighted by atomic mass is 16.5. The number of aliphatic carboxylic acids is 1. The molecule has 0 spiro atoms. The number of nitrogens with zero attached hydrogens (tertiary/aromatic N) is 2. The molecule has 1 saturated heterocycles. The third kappa shape index (κ3) is 2.84. The minimum Gasteiger partial charge on any atom is -0.480 e. The lowest BCUT2D eigenvalue weighted by atomic mass is 9.96. The number of aromatic nitrogens is 1. The summed E-state index contributed by atoms with van der Waals surface area (Å²) in [5, 5.41) is 9.16. The Kier molecular flexibility index (Phi) is 3.77. The minimum atomic E-state index is -0.944. The van der Waals surface area contributed by atoms with Crippen LogP contribution in [0.5, 0.6) is 5.88 Å². The molecule has 2 heterocycles. The highest BCUT2D eigenvalue weighted by molar-refractivity contribution is 5.97. The first-order chi connectivity index (χ1) is 10.1.